The molecule has 0 unspecified atom stereocenters. The maximum atomic E-state index is 12.1. The van der Waals surface area contributed by atoms with Crippen molar-refractivity contribution in [2.24, 2.45) is 0 Å². The zero-order valence-electron chi connectivity index (χ0n) is 12.0. The molecular formula is C13H23N3O2. The summed E-state index contributed by atoms with van der Waals surface area (Å²) < 4.78 is 5.43. The van der Waals surface area contributed by atoms with E-state index in [1.807, 2.05) is 27.7 Å². The van der Waals surface area contributed by atoms with Gasteiger partial charge in [-0.1, -0.05) is 0 Å². The molecule has 0 fully saturated rings. The van der Waals surface area contributed by atoms with Gasteiger partial charge >= 0.3 is 0 Å². The highest BCUT2D eigenvalue weighted by atomic mass is 16.5. The standard InChI is InChI=1S/C13H23N3O2/c1-7-18-13(5,6)12(17)14-8(2)11-9(3)15-16-10(11)4/h8H,7H2,1-6H3,(H,14,17)(H,15,16)/t8-/m1/s1. The summed E-state index contributed by atoms with van der Waals surface area (Å²) >= 11 is 0. The highest BCUT2D eigenvalue weighted by Crippen LogP contribution is 2.20. The Morgan fingerprint density at radius 2 is 2.11 bits per heavy atom. The quantitative estimate of drug-likeness (QED) is 0.843. The maximum absolute atomic E-state index is 12.1. The number of ether oxygens (including phenoxy) is 1. The van der Waals surface area contributed by atoms with Gasteiger partial charge in [0.2, 0.25) is 0 Å². The number of rotatable bonds is 5. The Kier molecular flexibility index (Phi) is 4.51. The van der Waals surface area contributed by atoms with E-state index in [-0.39, 0.29) is 11.9 Å². The van der Waals surface area contributed by atoms with Gasteiger partial charge in [-0.15, -0.1) is 0 Å². The maximum Gasteiger partial charge on any atom is 0.252 e. The van der Waals surface area contributed by atoms with Crippen molar-refractivity contribution >= 4 is 5.91 Å². The number of aromatic amines is 1. The minimum absolute atomic E-state index is 0.0871. The van der Waals surface area contributed by atoms with Crippen LogP contribution < -0.4 is 5.32 Å². The van der Waals surface area contributed by atoms with Crippen LogP contribution in [0.2, 0.25) is 0 Å². The largest absolute Gasteiger partial charge is 0.366 e. The van der Waals surface area contributed by atoms with Crippen LogP contribution in [-0.2, 0) is 9.53 Å². The fourth-order valence-electron chi connectivity index (χ4n) is 2.07. The van der Waals surface area contributed by atoms with Gasteiger partial charge in [-0.25, -0.2) is 0 Å². The fraction of sp³-hybridized carbons (Fsp3) is 0.692. The lowest BCUT2D eigenvalue weighted by molar-refractivity contribution is -0.142. The van der Waals surface area contributed by atoms with Crippen LogP contribution >= 0.6 is 0 Å². The molecule has 0 radical (unpaired) electrons. The van der Waals surface area contributed by atoms with Crippen molar-refractivity contribution in [3.05, 3.63) is 17.0 Å². The molecule has 0 aromatic carbocycles. The first-order valence-electron chi connectivity index (χ1n) is 6.26. The van der Waals surface area contributed by atoms with Crippen LogP contribution in [0.3, 0.4) is 0 Å². The summed E-state index contributed by atoms with van der Waals surface area (Å²) in [5.41, 5.74) is 2.12. The first kappa shape index (κ1) is 14.7. The van der Waals surface area contributed by atoms with Crippen LogP contribution in [0.1, 0.15) is 50.7 Å². The molecular weight excluding hydrogens is 230 g/mol. The summed E-state index contributed by atoms with van der Waals surface area (Å²) in [5, 5.41) is 10.0. The molecule has 1 atom stereocenters. The van der Waals surface area contributed by atoms with E-state index in [9.17, 15) is 4.79 Å². The minimum Gasteiger partial charge on any atom is -0.366 e. The number of nitrogens with zero attached hydrogens (tertiary/aromatic N) is 1. The van der Waals surface area contributed by atoms with Gasteiger partial charge in [0.1, 0.15) is 5.60 Å². The molecule has 1 aromatic heterocycles. The summed E-state index contributed by atoms with van der Waals surface area (Å²) in [6, 6.07) is -0.0871. The summed E-state index contributed by atoms with van der Waals surface area (Å²) in [5.74, 6) is -0.114. The number of aromatic nitrogens is 2. The molecule has 5 heteroatoms. The molecule has 0 aliphatic heterocycles. The molecule has 0 bridgehead atoms. The van der Waals surface area contributed by atoms with E-state index in [0.29, 0.717) is 6.61 Å². The second-order valence-corrected chi connectivity index (χ2v) is 4.99. The Bertz CT molecular complexity index is 404. The second kappa shape index (κ2) is 5.52. The lowest BCUT2D eigenvalue weighted by Gasteiger charge is -2.26. The van der Waals surface area contributed by atoms with E-state index < -0.39 is 5.60 Å². The molecule has 0 saturated carbocycles. The van der Waals surface area contributed by atoms with Crippen LogP contribution in [0.25, 0.3) is 0 Å². The van der Waals surface area contributed by atoms with Crippen LogP contribution in [0.4, 0.5) is 0 Å². The van der Waals surface area contributed by atoms with Gasteiger partial charge in [0, 0.05) is 17.9 Å². The van der Waals surface area contributed by atoms with Crippen LogP contribution in [0, 0.1) is 13.8 Å². The average Bonchev–Trinajstić information content (AvgIpc) is 2.58. The number of H-pyrrole nitrogens is 1. The van der Waals surface area contributed by atoms with Crippen molar-refractivity contribution < 1.29 is 9.53 Å². The molecule has 2 N–H and O–H groups in total. The minimum atomic E-state index is -0.811. The highest BCUT2D eigenvalue weighted by molar-refractivity contribution is 5.84. The van der Waals surface area contributed by atoms with Crippen molar-refractivity contribution in [2.75, 3.05) is 6.61 Å². The van der Waals surface area contributed by atoms with Crippen molar-refractivity contribution in [1.82, 2.24) is 15.5 Å². The number of carbonyl (C=O) groups excluding carboxylic acids is 1. The van der Waals surface area contributed by atoms with Crippen molar-refractivity contribution in [3.8, 4) is 0 Å². The van der Waals surface area contributed by atoms with E-state index in [4.69, 9.17) is 4.74 Å². The number of nitrogens with one attached hydrogen (secondary N) is 2. The second-order valence-electron chi connectivity index (χ2n) is 4.99. The Balaban J connectivity index is 2.77. The monoisotopic (exact) mass is 253 g/mol. The van der Waals surface area contributed by atoms with Gasteiger partial charge in [0.25, 0.3) is 5.91 Å². The van der Waals surface area contributed by atoms with Crippen molar-refractivity contribution in [2.45, 2.75) is 53.2 Å². The first-order chi connectivity index (χ1) is 8.29. The molecule has 102 valence electrons. The lowest BCUT2D eigenvalue weighted by Crippen LogP contribution is -2.45. The Morgan fingerprint density at radius 3 is 2.56 bits per heavy atom. The molecule has 1 aromatic rings. The zero-order valence-corrected chi connectivity index (χ0v) is 12.0. The molecule has 0 aliphatic rings. The smallest absolute Gasteiger partial charge is 0.252 e. The average molecular weight is 253 g/mol. The summed E-state index contributed by atoms with van der Waals surface area (Å²) in [6.07, 6.45) is 0. The van der Waals surface area contributed by atoms with Gasteiger partial charge in [-0.05, 0) is 41.5 Å². The fourth-order valence-corrected chi connectivity index (χ4v) is 2.07. The summed E-state index contributed by atoms with van der Waals surface area (Å²) in [4.78, 5) is 12.1. The van der Waals surface area contributed by atoms with Gasteiger partial charge in [0.05, 0.1) is 11.7 Å². The van der Waals surface area contributed by atoms with Crippen LogP contribution in [-0.4, -0.2) is 28.3 Å². The van der Waals surface area contributed by atoms with Crippen molar-refractivity contribution in [1.29, 1.82) is 0 Å². The van der Waals surface area contributed by atoms with Crippen LogP contribution in [0.15, 0.2) is 0 Å². The molecule has 5 nitrogen and oxygen atoms in total. The molecule has 0 saturated heterocycles. The first-order valence-corrected chi connectivity index (χ1v) is 6.26. The predicted octanol–water partition coefficient (Wildman–Crippen LogP) is 2.02. The van der Waals surface area contributed by atoms with E-state index in [1.54, 1.807) is 13.8 Å². The number of aryl methyl sites for hydroxylation is 2. The van der Waals surface area contributed by atoms with Gasteiger partial charge < -0.3 is 10.1 Å². The number of amides is 1. The molecule has 18 heavy (non-hydrogen) atoms. The highest BCUT2D eigenvalue weighted by Gasteiger charge is 2.29. The normalized spacial score (nSPS) is 13.4. The lowest BCUT2D eigenvalue weighted by atomic mass is 10.0. The Hall–Kier alpha value is -1.36. The van der Waals surface area contributed by atoms with E-state index >= 15 is 0 Å². The third kappa shape index (κ3) is 3.10. The molecule has 0 aliphatic carbocycles. The molecule has 1 amide bonds. The third-order valence-electron chi connectivity index (χ3n) is 3.02. The molecule has 1 heterocycles. The van der Waals surface area contributed by atoms with Gasteiger partial charge in [-0.3, -0.25) is 9.89 Å². The van der Waals surface area contributed by atoms with Crippen LogP contribution in [0.5, 0.6) is 0 Å². The SMILES string of the molecule is CCOC(C)(C)C(=O)N[C@H](C)c1c(C)n[nH]c1C. The molecule has 0 spiro atoms. The predicted molar refractivity (Wildman–Crippen MR) is 70.3 cm³/mol. The van der Waals surface area contributed by atoms with E-state index in [1.165, 1.54) is 0 Å². The number of hydrogen-bond donors (Lipinski definition) is 2. The van der Waals surface area contributed by atoms with Gasteiger partial charge in [-0.2, -0.15) is 5.10 Å². The van der Waals surface area contributed by atoms with Gasteiger partial charge in [0.15, 0.2) is 0 Å². The Morgan fingerprint density at radius 1 is 1.50 bits per heavy atom. The number of carbonyl (C=O) groups is 1. The van der Waals surface area contributed by atoms with E-state index in [2.05, 4.69) is 15.5 Å². The van der Waals surface area contributed by atoms with E-state index in [0.717, 1.165) is 17.0 Å². The Labute approximate surface area is 108 Å². The topological polar surface area (TPSA) is 67.0 Å². The summed E-state index contributed by atoms with van der Waals surface area (Å²) in [7, 11) is 0. The molecule has 1 rings (SSSR count). The van der Waals surface area contributed by atoms with Crippen molar-refractivity contribution in [3.63, 3.8) is 0 Å². The zero-order chi connectivity index (χ0) is 13.9. The third-order valence-corrected chi connectivity index (χ3v) is 3.02. The number of hydrogen-bond acceptors (Lipinski definition) is 3. The summed E-state index contributed by atoms with van der Waals surface area (Å²) in [6.45, 7) is 11.8.